The number of nitrogens with zero attached hydrogens (tertiary/aromatic N) is 3. The van der Waals surface area contributed by atoms with Gasteiger partial charge in [0.05, 0.1) is 16.6 Å². The van der Waals surface area contributed by atoms with Crippen LogP contribution in [-0.2, 0) is 0 Å². The molecular formula is C18H21N3O2S2. The second kappa shape index (κ2) is 7.32. The van der Waals surface area contributed by atoms with Crippen LogP contribution in [0, 0.1) is 23.7 Å². The van der Waals surface area contributed by atoms with Crippen LogP contribution in [0.5, 0.6) is 11.8 Å². The highest BCUT2D eigenvalue weighted by molar-refractivity contribution is 7.10. The third-order valence-electron chi connectivity index (χ3n) is 4.67. The van der Waals surface area contributed by atoms with E-state index in [9.17, 15) is 0 Å². The average Bonchev–Trinajstić information content (AvgIpc) is 3.37. The highest BCUT2D eigenvalue weighted by Gasteiger charge is 2.40. The molecule has 2 aromatic heterocycles. The Bertz CT molecular complexity index is 763. The molecule has 0 spiro atoms. The number of hydrogen-bond donors (Lipinski definition) is 0. The first-order chi connectivity index (χ1) is 12.2. The molecule has 2 aliphatic heterocycles. The lowest BCUT2D eigenvalue weighted by Gasteiger charge is -2.22. The van der Waals surface area contributed by atoms with Crippen LogP contribution in [-0.4, -0.2) is 45.5 Å². The van der Waals surface area contributed by atoms with Crippen LogP contribution in [0.15, 0.2) is 17.5 Å². The van der Waals surface area contributed by atoms with E-state index >= 15 is 0 Å². The highest BCUT2D eigenvalue weighted by Crippen LogP contribution is 2.34. The zero-order valence-corrected chi connectivity index (χ0v) is 16.0. The molecule has 2 fully saturated rings. The van der Waals surface area contributed by atoms with Crippen molar-refractivity contribution in [3.05, 3.63) is 22.4 Å². The molecule has 0 amide bonds. The van der Waals surface area contributed by atoms with E-state index in [2.05, 4.69) is 39.3 Å². The monoisotopic (exact) mass is 375 g/mol. The Morgan fingerprint density at radius 3 is 2.84 bits per heavy atom. The lowest BCUT2D eigenvalue weighted by atomic mass is 10.0. The second-order valence-corrected chi connectivity index (χ2v) is 8.34. The molecule has 4 heterocycles. The van der Waals surface area contributed by atoms with Crippen LogP contribution in [0.2, 0.25) is 0 Å². The first-order valence-electron chi connectivity index (χ1n) is 8.62. The maximum Gasteiger partial charge on any atom is 0.292 e. The summed E-state index contributed by atoms with van der Waals surface area (Å²) in [4.78, 5) is 3.48. The van der Waals surface area contributed by atoms with Gasteiger partial charge < -0.3 is 9.47 Å². The lowest BCUT2D eigenvalue weighted by molar-refractivity contribution is 0.122. The van der Waals surface area contributed by atoms with E-state index in [0.29, 0.717) is 17.7 Å². The first-order valence-corrected chi connectivity index (χ1v) is 10.2. The van der Waals surface area contributed by atoms with Crippen molar-refractivity contribution in [2.75, 3.05) is 19.6 Å². The van der Waals surface area contributed by atoms with Crippen molar-refractivity contribution in [3.8, 4) is 23.6 Å². The number of ether oxygens (including phenoxy) is 2. The molecule has 2 saturated heterocycles. The van der Waals surface area contributed by atoms with E-state index in [0.717, 1.165) is 29.7 Å². The maximum absolute atomic E-state index is 6.14. The summed E-state index contributed by atoms with van der Waals surface area (Å²) in [5.74, 6) is 8.25. The van der Waals surface area contributed by atoms with Crippen molar-refractivity contribution in [2.45, 2.75) is 32.5 Å². The fourth-order valence-electron chi connectivity index (χ4n) is 3.27. The Morgan fingerprint density at radius 2 is 2.16 bits per heavy atom. The Morgan fingerprint density at radius 1 is 1.28 bits per heavy atom. The normalized spacial score (nSPS) is 25.6. The van der Waals surface area contributed by atoms with E-state index in [4.69, 9.17) is 9.47 Å². The molecule has 132 valence electrons. The molecule has 25 heavy (non-hydrogen) atoms. The molecule has 4 rings (SSSR count). The van der Waals surface area contributed by atoms with Crippen LogP contribution in [0.4, 0.5) is 0 Å². The Balaban J connectivity index is 1.45. The van der Waals surface area contributed by atoms with Crippen molar-refractivity contribution in [3.63, 3.8) is 0 Å². The topological polar surface area (TPSA) is 47.5 Å². The van der Waals surface area contributed by atoms with Crippen LogP contribution in [0.25, 0.3) is 0 Å². The Labute approximate surface area is 156 Å². The molecule has 5 nitrogen and oxygen atoms in total. The molecule has 0 N–H and O–H groups in total. The minimum atomic E-state index is -0.239. The van der Waals surface area contributed by atoms with E-state index in [-0.39, 0.29) is 18.1 Å². The van der Waals surface area contributed by atoms with Crippen molar-refractivity contribution in [2.24, 2.45) is 11.8 Å². The van der Waals surface area contributed by atoms with Gasteiger partial charge in [-0.15, -0.1) is 20.1 Å². The molecule has 0 radical (unpaired) electrons. The summed E-state index contributed by atoms with van der Waals surface area (Å²) in [5, 5.41) is 2.02. The summed E-state index contributed by atoms with van der Waals surface area (Å²) >= 11 is 2.76. The molecule has 0 aliphatic carbocycles. The number of aromatic nitrogens is 2. The first kappa shape index (κ1) is 16.8. The predicted molar refractivity (Wildman–Crippen MR) is 99.3 cm³/mol. The quantitative estimate of drug-likeness (QED) is 0.752. The van der Waals surface area contributed by atoms with Gasteiger partial charge in [-0.1, -0.05) is 31.8 Å². The van der Waals surface area contributed by atoms with Gasteiger partial charge in [0.2, 0.25) is 0 Å². The largest absolute Gasteiger partial charge is 0.468 e. The summed E-state index contributed by atoms with van der Waals surface area (Å²) in [6.07, 6.45) is 1.17. The number of fused-ring (bicyclic) bond motifs is 2. The van der Waals surface area contributed by atoms with E-state index < -0.39 is 0 Å². The number of thiophene rings is 1. The highest BCUT2D eigenvalue weighted by atomic mass is 32.1. The average molecular weight is 376 g/mol. The molecule has 7 heteroatoms. The summed E-state index contributed by atoms with van der Waals surface area (Å²) in [5.41, 5.74) is 0. The summed E-state index contributed by atoms with van der Waals surface area (Å²) in [6, 6.07) is 4.01. The van der Waals surface area contributed by atoms with Gasteiger partial charge in [-0.3, -0.25) is 4.90 Å². The van der Waals surface area contributed by atoms with E-state index in [1.54, 1.807) is 11.3 Å². The third-order valence-corrected chi connectivity index (χ3v) is 5.95. The standard InChI is InChI=1S/C18H21N3O2S2/c1-12(2)15(6-5-14-4-3-9-24-14)22-17-18(20-25-19-17)23-16-11-21-8-7-13(16)10-21/h3-4,9,12-13,15-16H,7-8,10-11H2,1-2H3. The van der Waals surface area contributed by atoms with Gasteiger partial charge in [-0.25, -0.2) is 0 Å². The molecule has 2 aromatic rings. The van der Waals surface area contributed by atoms with Crippen molar-refractivity contribution in [1.82, 2.24) is 13.6 Å². The van der Waals surface area contributed by atoms with Crippen molar-refractivity contribution in [1.29, 1.82) is 0 Å². The van der Waals surface area contributed by atoms with E-state index in [1.165, 1.54) is 13.0 Å². The predicted octanol–water partition coefficient (Wildman–Crippen LogP) is 3.14. The van der Waals surface area contributed by atoms with Gasteiger partial charge >= 0.3 is 0 Å². The molecular weight excluding hydrogens is 354 g/mol. The van der Waals surface area contributed by atoms with Gasteiger partial charge in [0.1, 0.15) is 6.10 Å². The minimum Gasteiger partial charge on any atom is -0.468 e. The molecule has 0 aromatic carbocycles. The van der Waals surface area contributed by atoms with Gasteiger partial charge in [-0.2, -0.15) is 0 Å². The zero-order chi connectivity index (χ0) is 17.2. The molecule has 2 aliphatic rings. The summed E-state index contributed by atoms with van der Waals surface area (Å²) < 4.78 is 20.8. The van der Waals surface area contributed by atoms with Gasteiger partial charge in [0.25, 0.3) is 11.8 Å². The fourth-order valence-corrected chi connectivity index (χ4v) is 4.28. The summed E-state index contributed by atoms with van der Waals surface area (Å²) in [6.45, 7) is 7.50. The van der Waals surface area contributed by atoms with Gasteiger partial charge in [0.15, 0.2) is 6.10 Å². The maximum atomic E-state index is 6.14. The number of hydrogen-bond acceptors (Lipinski definition) is 7. The van der Waals surface area contributed by atoms with E-state index in [1.807, 2.05) is 17.5 Å². The SMILES string of the molecule is CC(C)C(C#Cc1cccs1)Oc1nsnc1OC1CN2CCC1C2. The second-order valence-electron chi connectivity index (χ2n) is 6.87. The number of piperidine rings is 1. The third kappa shape index (κ3) is 3.81. The molecule has 0 saturated carbocycles. The molecule has 4 atom stereocenters. The Kier molecular flexibility index (Phi) is 4.93. The molecule has 4 unspecified atom stereocenters. The smallest absolute Gasteiger partial charge is 0.292 e. The Hall–Kier alpha value is -1.62. The molecule has 2 bridgehead atoms. The van der Waals surface area contributed by atoms with Crippen LogP contribution >= 0.6 is 23.1 Å². The number of rotatable bonds is 5. The minimum absolute atomic E-state index is 0.203. The van der Waals surface area contributed by atoms with Gasteiger partial charge in [0, 0.05) is 24.9 Å². The van der Waals surface area contributed by atoms with Gasteiger partial charge in [-0.05, 0) is 24.4 Å². The fraction of sp³-hybridized carbons (Fsp3) is 0.556. The zero-order valence-electron chi connectivity index (χ0n) is 14.3. The van der Waals surface area contributed by atoms with Crippen molar-refractivity contribution >= 4 is 23.1 Å². The van der Waals surface area contributed by atoms with Crippen LogP contribution in [0.1, 0.15) is 25.1 Å². The lowest BCUT2D eigenvalue weighted by Crippen LogP contribution is -2.32. The van der Waals surface area contributed by atoms with Crippen molar-refractivity contribution < 1.29 is 9.47 Å². The van der Waals surface area contributed by atoms with Crippen LogP contribution in [0.3, 0.4) is 0 Å². The summed E-state index contributed by atoms with van der Waals surface area (Å²) in [7, 11) is 0. The van der Waals surface area contributed by atoms with Crippen LogP contribution < -0.4 is 9.47 Å².